The Kier molecular flexibility index (Phi) is 4.71. The number of piperidine rings is 3. The van der Waals surface area contributed by atoms with Gasteiger partial charge in [0.1, 0.15) is 6.54 Å². The van der Waals surface area contributed by atoms with Crippen LogP contribution in [0.3, 0.4) is 0 Å². The number of urea groups is 1. The Bertz CT molecular complexity index is 576. The number of amides is 2. The third kappa shape index (κ3) is 3.16. The molecule has 0 aromatic rings. The lowest BCUT2D eigenvalue weighted by Crippen LogP contribution is -2.61. The second kappa shape index (κ2) is 6.98. The van der Waals surface area contributed by atoms with Crippen LogP contribution in [-0.4, -0.2) is 67.2 Å². The SMILES string of the molecule is COC(=O)CNC(=O)N1CCCC2=C[C@H]3C[C@H](CN4CCCC[C@H]34)[C@@H]21. The van der Waals surface area contributed by atoms with E-state index in [1.54, 1.807) is 0 Å². The number of likely N-dealkylation sites (tertiary alicyclic amines) is 1. The molecule has 2 bridgehead atoms. The fourth-order valence-electron chi connectivity index (χ4n) is 5.52. The normalized spacial score (nSPS) is 34.4. The Morgan fingerprint density at radius 3 is 3.00 bits per heavy atom. The molecule has 3 fully saturated rings. The molecule has 0 aromatic carbocycles. The molecule has 1 aliphatic carbocycles. The number of carbonyl (C=O) groups excluding carboxylic acids is 2. The van der Waals surface area contributed by atoms with Crippen molar-refractivity contribution in [3.63, 3.8) is 0 Å². The summed E-state index contributed by atoms with van der Waals surface area (Å²) in [5, 5.41) is 2.74. The molecule has 4 atom stereocenters. The highest BCUT2D eigenvalue weighted by atomic mass is 16.5. The van der Waals surface area contributed by atoms with Crippen LogP contribution in [0.5, 0.6) is 0 Å². The number of hydrogen-bond donors (Lipinski definition) is 1. The van der Waals surface area contributed by atoms with E-state index in [1.165, 1.54) is 44.9 Å². The van der Waals surface area contributed by atoms with Crippen LogP contribution in [0.15, 0.2) is 11.6 Å². The van der Waals surface area contributed by atoms with Gasteiger partial charge < -0.3 is 15.0 Å². The molecule has 4 aliphatic rings. The van der Waals surface area contributed by atoms with Crippen molar-refractivity contribution in [2.75, 3.05) is 33.3 Å². The smallest absolute Gasteiger partial charge is 0.325 e. The minimum atomic E-state index is -0.404. The molecule has 1 N–H and O–H groups in total. The maximum absolute atomic E-state index is 12.7. The van der Waals surface area contributed by atoms with Gasteiger partial charge in [0, 0.05) is 19.1 Å². The lowest BCUT2D eigenvalue weighted by Gasteiger charge is -2.54. The third-order valence-corrected chi connectivity index (χ3v) is 6.53. The van der Waals surface area contributed by atoms with Gasteiger partial charge >= 0.3 is 12.0 Å². The predicted molar refractivity (Wildman–Crippen MR) is 94.0 cm³/mol. The standard InChI is InChI=1S/C19H29N3O3/c1-25-17(23)11-20-19(24)22-8-4-5-13-9-14-10-15(18(13)22)12-21-7-3-2-6-16(14)21/h9,14-16,18H,2-8,10-12H2,1H3,(H,20,24)/t14-,15+,16+,18+/m0/s1. The number of nitrogens with zero attached hydrogens (tertiary/aromatic N) is 2. The maximum atomic E-state index is 12.7. The van der Waals surface area contributed by atoms with Crippen molar-refractivity contribution in [3.05, 3.63) is 11.6 Å². The molecule has 6 nitrogen and oxygen atoms in total. The minimum absolute atomic E-state index is 0.0565. The van der Waals surface area contributed by atoms with Gasteiger partial charge in [0.15, 0.2) is 0 Å². The van der Waals surface area contributed by atoms with Crippen molar-refractivity contribution < 1.29 is 14.3 Å². The zero-order chi connectivity index (χ0) is 17.4. The molecule has 6 heteroatoms. The highest BCUT2D eigenvalue weighted by Crippen LogP contribution is 2.44. The second-order valence-corrected chi connectivity index (χ2v) is 7.94. The number of esters is 1. The molecule has 0 unspecified atom stereocenters. The largest absolute Gasteiger partial charge is 0.468 e. The Hall–Kier alpha value is -1.56. The first-order valence-corrected chi connectivity index (χ1v) is 9.73. The van der Waals surface area contributed by atoms with E-state index in [0.717, 1.165) is 32.0 Å². The summed E-state index contributed by atoms with van der Waals surface area (Å²) in [5.41, 5.74) is 1.46. The summed E-state index contributed by atoms with van der Waals surface area (Å²) in [5.74, 6) is 0.797. The summed E-state index contributed by atoms with van der Waals surface area (Å²) in [6.45, 7) is 3.05. The number of fused-ring (bicyclic) bond motifs is 6. The molecular weight excluding hydrogens is 318 g/mol. The fraction of sp³-hybridized carbons (Fsp3) is 0.789. The van der Waals surface area contributed by atoms with Gasteiger partial charge in [-0.25, -0.2) is 4.79 Å². The van der Waals surface area contributed by atoms with Gasteiger partial charge in [-0.15, -0.1) is 0 Å². The topological polar surface area (TPSA) is 61.9 Å². The van der Waals surface area contributed by atoms with Crippen molar-refractivity contribution in [3.8, 4) is 0 Å². The molecule has 3 heterocycles. The van der Waals surface area contributed by atoms with Gasteiger partial charge in [0.25, 0.3) is 0 Å². The van der Waals surface area contributed by atoms with E-state index in [1.807, 2.05) is 4.90 Å². The predicted octanol–water partition coefficient (Wildman–Crippen LogP) is 1.76. The number of methoxy groups -OCH3 is 1. The van der Waals surface area contributed by atoms with Crippen LogP contribution in [0.25, 0.3) is 0 Å². The van der Waals surface area contributed by atoms with Gasteiger partial charge in [0.05, 0.1) is 13.2 Å². The average Bonchev–Trinajstić information content (AvgIpc) is 2.65. The lowest BCUT2D eigenvalue weighted by molar-refractivity contribution is -0.139. The second-order valence-electron chi connectivity index (χ2n) is 7.94. The summed E-state index contributed by atoms with van der Waals surface area (Å²) in [4.78, 5) is 28.7. The first-order chi connectivity index (χ1) is 12.2. The van der Waals surface area contributed by atoms with E-state index in [9.17, 15) is 9.59 Å². The first-order valence-electron chi connectivity index (χ1n) is 9.73. The van der Waals surface area contributed by atoms with Gasteiger partial charge in [-0.3, -0.25) is 9.69 Å². The summed E-state index contributed by atoms with van der Waals surface area (Å²) >= 11 is 0. The molecule has 25 heavy (non-hydrogen) atoms. The number of ether oxygens (including phenoxy) is 1. The van der Waals surface area contributed by atoms with E-state index in [-0.39, 0.29) is 18.6 Å². The molecule has 138 valence electrons. The number of rotatable bonds is 2. The third-order valence-electron chi connectivity index (χ3n) is 6.53. The quantitative estimate of drug-likeness (QED) is 0.611. The van der Waals surface area contributed by atoms with Crippen molar-refractivity contribution in [2.24, 2.45) is 11.8 Å². The van der Waals surface area contributed by atoms with E-state index in [0.29, 0.717) is 11.8 Å². The molecule has 3 saturated heterocycles. The van der Waals surface area contributed by atoms with E-state index in [2.05, 4.69) is 21.0 Å². The molecule has 2 amide bonds. The zero-order valence-corrected chi connectivity index (χ0v) is 15.1. The van der Waals surface area contributed by atoms with Crippen LogP contribution in [0.2, 0.25) is 0 Å². The Labute approximate surface area is 149 Å². The van der Waals surface area contributed by atoms with Gasteiger partial charge in [-0.05, 0) is 50.5 Å². The summed E-state index contributed by atoms with van der Waals surface area (Å²) in [6.07, 6.45) is 9.83. The van der Waals surface area contributed by atoms with E-state index in [4.69, 9.17) is 0 Å². The van der Waals surface area contributed by atoms with Crippen molar-refractivity contribution in [1.29, 1.82) is 0 Å². The van der Waals surface area contributed by atoms with Crippen molar-refractivity contribution >= 4 is 12.0 Å². The maximum Gasteiger partial charge on any atom is 0.325 e. The summed E-state index contributed by atoms with van der Waals surface area (Å²) in [6, 6.07) is 0.813. The number of carbonyl (C=O) groups is 2. The van der Waals surface area contributed by atoms with Crippen LogP contribution in [-0.2, 0) is 9.53 Å². The lowest BCUT2D eigenvalue weighted by atomic mass is 9.68. The fourth-order valence-corrected chi connectivity index (χ4v) is 5.52. The van der Waals surface area contributed by atoms with Crippen molar-refractivity contribution in [1.82, 2.24) is 15.1 Å². The van der Waals surface area contributed by atoms with Crippen LogP contribution >= 0.6 is 0 Å². The van der Waals surface area contributed by atoms with E-state index >= 15 is 0 Å². The first kappa shape index (κ1) is 16.9. The zero-order valence-electron chi connectivity index (χ0n) is 15.1. The van der Waals surface area contributed by atoms with Gasteiger partial charge in [0.2, 0.25) is 0 Å². The molecular formula is C19H29N3O3. The average molecular weight is 347 g/mol. The molecule has 0 radical (unpaired) electrons. The van der Waals surface area contributed by atoms with Crippen molar-refractivity contribution in [2.45, 2.75) is 50.6 Å². The Morgan fingerprint density at radius 1 is 1.28 bits per heavy atom. The van der Waals surface area contributed by atoms with Crippen LogP contribution in [0.1, 0.15) is 38.5 Å². The molecule has 0 spiro atoms. The monoisotopic (exact) mass is 347 g/mol. The van der Waals surface area contributed by atoms with Crippen LogP contribution in [0.4, 0.5) is 4.79 Å². The molecule has 0 saturated carbocycles. The molecule has 3 aliphatic heterocycles. The molecule has 4 rings (SSSR count). The number of nitrogens with one attached hydrogen (secondary N) is 1. The highest BCUT2D eigenvalue weighted by molar-refractivity contribution is 5.81. The Morgan fingerprint density at radius 2 is 2.16 bits per heavy atom. The van der Waals surface area contributed by atoms with Gasteiger partial charge in [-0.1, -0.05) is 18.1 Å². The van der Waals surface area contributed by atoms with Crippen LogP contribution in [0, 0.1) is 11.8 Å². The van der Waals surface area contributed by atoms with Crippen LogP contribution < -0.4 is 5.32 Å². The minimum Gasteiger partial charge on any atom is -0.468 e. The Balaban J connectivity index is 1.51. The number of hydrogen-bond acceptors (Lipinski definition) is 4. The van der Waals surface area contributed by atoms with E-state index < -0.39 is 5.97 Å². The molecule has 0 aromatic heterocycles. The van der Waals surface area contributed by atoms with Gasteiger partial charge in [-0.2, -0.15) is 0 Å². The summed E-state index contributed by atoms with van der Waals surface area (Å²) < 4.78 is 4.63. The highest BCUT2D eigenvalue weighted by Gasteiger charge is 2.46. The summed E-state index contributed by atoms with van der Waals surface area (Å²) in [7, 11) is 1.34.